The van der Waals surface area contributed by atoms with Crippen molar-refractivity contribution < 1.29 is 28.8 Å². The van der Waals surface area contributed by atoms with Gasteiger partial charge >= 0.3 is 0 Å². The van der Waals surface area contributed by atoms with Gasteiger partial charge in [0.15, 0.2) is 12.6 Å². The lowest BCUT2D eigenvalue weighted by molar-refractivity contribution is -0.193. The van der Waals surface area contributed by atoms with E-state index in [0.29, 0.717) is 23.8 Å². The average Bonchev–Trinajstić information content (AvgIpc) is 3.24. The van der Waals surface area contributed by atoms with E-state index in [1.54, 1.807) is 0 Å². The topological polar surface area (TPSA) is 66.4 Å². The van der Waals surface area contributed by atoms with Crippen molar-refractivity contribution in [3.8, 4) is 5.75 Å². The van der Waals surface area contributed by atoms with Crippen LogP contribution in [0.15, 0.2) is 48.6 Å². The van der Waals surface area contributed by atoms with Crippen molar-refractivity contribution in [3.63, 3.8) is 0 Å². The summed E-state index contributed by atoms with van der Waals surface area (Å²) in [4.78, 5) is 0. The zero-order chi connectivity index (χ0) is 27.3. The molecule has 3 fully saturated rings. The highest BCUT2D eigenvalue weighted by atomic mass is 35.5. The molecule has 1 aromatic rings. The molecule has 3 aliphatic rings. The van der Waals surface area contributed by atoms with Gasteiger partial charge in [-0.25, -0.2) is 0 Å². The molecule has 0 amide bonds. The maximum Gasteiger partial charge on any atom is 0.158 e. The number of aliphatic hydroxyl groups is 1. The Morgan fingerprint density at radius 2 is 1.87 bits per heavy atom. The first-order valence-corrected chi connectivity index (χ1v) is 15.4. The SMILES string of the molecule is CCCC/C=C\C[C@@H]1[C@@H](/C=C/[C@H](COc2cccc(Cl)c2)OC2CCCCO2)[C@H](OC2CCCCO2)C[C@@H]1O. The fourth-order valence-corrected chi connectivity index (χ4v) is 5.86. The van der Waals surface area contributed by atoms with E-state index in [9.17, 15) is 5.11 Å². The van der Waals surface area contributed by atoms with E-state index in [0.717, 1.165) is 64.6 Å². The number of rotatable bonds is 14. The molecule has 218 valence electrons. The molecule has 1 N–H and O–H groups in total. The van der Waals surface area contributed by atoms with Crippen molar-refractivity contribution in [1.29, 1.82) is 0 Å². The van der Waals surface area contributed by atoms with Gasteiger partial charge < -0.3 is 28.8 Å². The minimum Gasteiger partial charge on any atom is -0.490 e. The van der Waals surface area contributed by atoms with E-state index in [1.165, 1.54) is 12.8 Å². The number of allylic oxidation sites excluding steroid dienone is 2. The predicted octanol–water partition coefficient (Wildman–Crippen LogP) is 7.23. The normalized spacial score (nSPS) is 30.7. The monoisotopic (exact) mass is 562 g/mol. The van der Waals surface area contributed by atoms with Crippen LogP contribution in [0, 0.1) is 11.8 Å². The van der Waals surface area contributed by atoms with Crippen LogP contribution < -0.4 is 4.74 Å². The Balaban J connectivity index is 1.47. The van der Waals surface area contributed by atoms with E-state index >= 15 is 0 Å². The molecular formula is C32H47ClO6. The summed E-state index contributed by atoms with van der Waals surface area (Å²) < 4.78 is 30.7. The summed E-state index contributed by atoms with van der Waals surface area (Å²) in [5, 5.41) is 11.7. The van der Waals surface area contributed by atoms with Crippen molar-refractivity contribution in [2.75, 3.05) is 19.8 Å². The number of aliphatic hydroxyl groups excluding tert-OH is 1. The molecule has 0 radical (unpaired) electrons. The molecule has 6 nitrogen and oxygen atoms in total. The first-order chi connectivity index (χ1) is 19.1. The maximum atomic E-state index is 11.1. The van der Waals surface area contributed by atoms with Gasteiger partial charge in [0.25, 0.3) is 0 Å². The second kappa shape index (κ2) is 16.8. The molecular weight excluding hydrogens is 516 g/mol. The summed E-state index contributed by atoms with van der Waals surface area (Å²) in [6.45, 7) is 4.00. The van der Waals surface area contributed by atoms with Crippen LogP contribution in [0.3, 0.4) is 0 Å². The minimum atomic E-state index is -0.423. The first kappa shape index (κ1) is 30.5. The van der Waals surface area contributed by atoms with Crippen LogP contribution in [-0.4, -0.2) is 55.8 Å². The third-order valence-corrected chi connectivity index (χ3v) is 8.11. The summed E-state index contributed by atoms with van der Waals surface area (Å²) >= 11 is 6.16. The number of hydrogen-bond donors (Lipinski definition) is 1. The Hall–Kier alpha value is -1.41. The zero-order valence-corrected chi connectivity index (χ0v) is 24.2. The van der Waals surface area contributed by atoms with Crippen molar-refractivity contribution >= 4 is 11.6 Å². The van der Waals surface area contributed by atoms with Crippen LogP contribution in [0.4, 0.5) is 0 Å². The Morgan fingerprint density at radius 3 is 2.59 bits per heavy atom. The van der Waals surface area contributed by atoms with Gasteiger partial charge in [0, 0.05) is 30.6 Å². The van der Waals surface area contributed by atoms with Crippen molar-refractivity contribution in [2.45, 2.75) is 108 Å². The number of hydrogen-bond acceptors (Lipinski definition) is 6. The molecule has 0 aromatic heterocycles. The molecule has 1 aromatic carbocycles. The molecule has 4 rings (SSSR count). The summed E-state index contributed by atoms with van der Waals surface area (Å²) in [5.74, 6) is 0.829. The Labute approximate surface area is 239 Å². The van der Waals surface area contributed by atoms with Crippen LogP contribution in [0.1, 0.15) is 77.6 Å². The Kier molecular flexibility index (Phi) is 13.1. The second-order valence-corrected chi connectivity index (χ2v) is 11.4. The first-order valence-electron chi connectivity index (χ1n) is 15.1. The molecule has 0 bridgehead atoms. The van der Waals surface area contributed by atoms with Gasteiger partial charge in [0.05, 0.1) is 12.2 Å². The van der Waals surface area contributed by atoms with Gasteiger partial charge in [-0.1, -0.05) is 61.7 Å². The smallest absolute Gasteiger partial charge is 0.158 e. The average molecular weight is 563 g/mol. The highest BCUT2D eigenvalue weighted by molar-refractivity contribution is 6.30. The van der Waals surface area contributed by atoms with E-state index in [4.69, 9.17) is 35.3 Å². The third-order valence-electron chi connectivity index (χ3n) is 7.88. The van der Waals surface area contributed by atoms with Gasteiger partial charge in [0.1, 0.15) is 18.5 Å². The van der Waals surface area contributed by atoms with E-state index in [-0.39, 0.29) is 36.6 Å². The molecule has 0 spiro atoms. The van der Waals surface area contributed by atoms with Crippen molar-refractivity contribution in [1.82, 2.24) is 0 Å². The zero-order valence-electron chi connectivity index (χ0n) is 23.4. The summed E-state index contributed by atoms with van der Waals surface area (Å²) in [6.07, 6.45) is 18.5. The quantitative estimate of drug-likeness (QED) is 0.190. The van der Waals surface area contributed by atoms with Gasteiger partial charge in [-0.3, -0.25) is 0 Å². The van der Waals surface area contributed by atoms with Crippen LogP contribution in [0.2, 0.25) is 5.02 Å². The summed E-state index contributed by atoms with van der Waals surface area (Å²) in [6, 6.07) is 7.41. The molecule has 2 heterocycles. The molecule has 1 saturated carbocycles. The number of benzene rings is 1. The molecule has 7 atom stereocenters. The van der Waals surface area contributed by atoms with Crippen molar-refractivity contribution in [2.24, 2.45) is 11.8 Å². The Bertz CT molecular complexity index is 879. The third kappa shape index (κ3) is 10.2. The van der Waals surface area contributed by atoms with E-state index in [1.807, 2.05) is 24.3 Å². The molecule has 1 aliphatic carbocycles. The van der Waals surface area contributed by atoms with Crippen LogP contribution in [-0.2, 0) is 18.9 Å². The van der Waals surface area contributed by atoms with Gasteiger partial charge in [-0.2, -0.15) is 0 Å². The largest absolute Gasteiger partial charge is 0.490 e. The molecule has 39 heavy (non-hydrogen) atoms. The van der Waals surface area contributed by atoms with Gasteiger partial charge in [-0.05, 0) is 75.5 Å². The van der Waals surface area contributed by atoms with Crippen molar-refractivity contribution in [3.05, 3.63) is 53.6 Å². The molecule has 2 unspecified atom stereocenters. The number of ether oxygens (including phenoxy) is 5. The number of unbranched alkanes of at least 4 members (excludes halogenated alkanes) is 2. The van der Waals surface area contributed by atoms with E-state index in [2.05, 4.69) is 31.2 Å². The fourth-order valence-electron chi connectivity index (χ4n) is 5.68. The summed E-state index contributed by atoms with van der Waals surface area (Å²) in [7, 11) is 0. The predicted molar refractivity (Wildman–Crippen MR) is 154 cm³/mol. The Morgan fingerprint density at radius 1 is 1.08 bits per heavy atom. The van der Waals surface area contributed by atoms with Gasteiger partial charge in [-0.15, -0.1) is 0 Å². The van der Waals surface area contributed by atoms with Gasteiger partial charge in [0.2, 0.25) is 0 Å². The summed E-state index contributed by atoms with van der Waals surface area (Å²) in [5.41, 5.74) is 0. The minimum absolute atomic E-state index is 0.0471. The van der Waals surface area contributed by atoms with Crippen LogP contribution >= 0.6 is 11.6 Å². The lowest BCUT2D eigenvalue weighted by atomic mass is 9.89. The van der Waals surface area contributed by atoms with Crippen LogP contribution in [0.25, 0.3) is 0 Å². The lowest BCUT2D eigenvalue weighted by Gasteiger charge is -2.30. The van der Waals surface area contributed by atoms with Crippen LogP contribution in [0.5, 0.6) is 5.75 Å². The molecule has 2 aliphatic heterocycles. The standard InChI is InChI=1S/C32H47ClO6/c1-2-3-4-5-6-14-27-28(30(22-29(27)34)39-32-16-8-10-20-36-32)18-17-26(38-31-15-7-9-19-35-31)23-37-25-13-11-12-24(33)21-25/h5-6,11-13,17-18,21,26-32,34H,2-4,7-10,14-16,19-20,22-23H2,1H3/b6-5-,18-17+/t26-,27-,28-,29+,30-,31?,32?/m1/s1. The highest BCUT2D eigenvalue weighted by Gasteiger charge is 2.42. The van der Waals surface area contributed by atoms with E-state index < -0.39 is 6.10 Å². The highest BCUT2D eigenvalue weighted by Crippen LogP contribution is 2.39. The lowest BCUT2D eigenvalue weighted by Crippen LogP contribution is -2.32. The second-order valence-electron chi connectivity index (χ2n) is 11.0. The number of halogens is 1. The molecule has 7 heteroatoms. The fraction of sp³-hybridized carbons (Fsp3) is 0.688. The molecule has 2 saturated heterocycles. The maximum absolute atomic E-state index is 11.1.